The minimum atomic E-state index is -4.48. The van der Waals surface area contributed by atoms with Gasteiger partial charge in [-0.25, -0.2) is 9.67 Å². The van der Waals surface area contributed by atoms with Crippen molar-refractivity contribution in [3.63, 3.8) is 0 Å². The summed E-state index contributed by atoms with van der Waals surface area (Å²) in [7, 11) is 0. The number of nitrogens with zero attached hydrogens (tertiary/aromatic N) is 5. The standard InChI is InChI=1S/C29H32F3N5O2/c1-18-12-20(14-34-27(18)21-8-10-36(11-9-21)17-25(39)28(3,4)5)13-24(38)23-16-35-37(19(23)2)26-7-6-22(15-33-26)29(30,31)32/h6-8,12,14-16H,9-11,13,17H2,1-5H3. The number of rotatable bonds is 7. The first kappa shape index (κ1) is 28.4. The summed E-state index contributed by atoms with van der Waals surface area (Å²) in [5.41, 5.74) is 3.41. The van der Waals surface area contributed by atoms with Gasteiger partial charge in [0.15, 0.2) is 17.4 Å². The molecule has 4 rings (SSSR count). The van der Waals surface area contributed by atoms with Crippen LogP contribution < -0.4 is 0 Å². The Morgan fingerprint density at radius 1 is 1.03 bits per heavy atom. The van der Waals surface area contributed by atoms with E-state index in [2.05, 4.69) is 26.0 Å². The van der Waals surface area contributed by atoms with Crippen molar-refractivity contribution in [2.75, 3.05) is 19.6 Å². The number of aryl methyl sites for hydroxylation is 1. The highest BCUT2D eigenvalue weighted by Crippen LogP contribution is 2.29. The fourth-order valence-corrected chi connectivity index (χ4v) is 4.45. The summed E-state index contributed by atoms with van der Waals surface area (Å²) in [4.78, 5) is 36.1. The van der Waals surface area contributed by atoms with Crippen LogP contribution in [0.3, 0.4) is 0 Å². The van der Waals surface area contributed by atoms with E-state index in [0.717, 1.165) is 47.6 Å². The molecule has 0 radical (unpaired) electrons. The zero-order valence-electron chi connectivity index (χ0n) is 22.8. The monoisotopic (exact) mass is 539 g/mol. The Kier molecular flexibility index (Phi) is 7.88. The van der Waals surface area contributed by atoms with Crippen LogP contribution in [0.4, 0.5) is 13.2 Å². The van der Waals surface area contributed by atoms with Crippen LogP contribution in [-0.2, 0) is 17.4 Å². The van der Waals surface area contributed by atoms with Gasteiger partial charge in [-0.15, -0.1) is 0 Å². The van der Waals surface area contributed by atoms with Crippen molar-refractivity contribution in [3.8, 4) is 5.82 Å². The molecule has 7 nitrogen and oxygen atoms in total. The zero-order valence-corrected chi connectivity index (χ0v) is 22.8. The molecule has 0 N–H and O–H groups in total. The molecular formula is C29H32F3N5O2. The number of alkyl halides is 3. The normalized spacial score (nSPS) is 14.8. The maximum Gasteiger partial charge on any atom is 0.417 e. The van der Waals surface area contributed by atoms with E-state index in [1.807, 2.05) is 33.8 Å². The molecule has 206 valence electrons. The smallest absolute Gasteiger partial charge is 0.298 e. The number of hydrogen-bond acceptors (Lipinski definition) is 6. The minimum Gasteiger partial charge on any atom is -0.298 e. The number of Topliss-reactive ketones (excluding diaryl/α,β-unsaturated/α-hetero) is 2. The van der Waals surface area contributed by atoms with Gasteiger partial charge in [-0.05, 0) is 49.1 Å². The van der Waals surface area contributed by atoms with Crippen LogP contribution >= 0.6 is 0 Å². The van der Waals surface area contributed by atoms with Gasteiger partial charge in [0.1, 0.15) is 0 Å². The maximum atomic E-state index is 13.1. The van der Waals surface area contributed by atoms with Gasteiger partial charge in [0.25, 0.3) is 0 Å². The molecule has 3 aromatic heterocycles. The van der Waals surface area contributed by atoms with Crippen LogP contribution in [0.25, 0.3) is 11.4 Å². The Morgan fingerprint density at radius 2 is 1.77 bits per heavy atom. The summed E-state index contributed by atoms with van der Waals surface area (Å²) < 4.78 is 39.9. The third-order valence-electron chi connectivity index (χ3n) is 6.90. The lowest BCUT2D eigenvalue weighted by Crippen LogP contribution is -2.38. The molecule has 0 amide bonds. The van der Waals surface area contributed by atoms with Gasteiger partial charge >= 0.3 is 6.18 Å². The van der Waals surface area contributed by atoms with Crippen molar-refractivity contribution in [1.82, 2.24) is 24.6 Å². The highest BCUT2D eigenvalue weighted by Gasteiger charge is 2.31. The van der Waals surface area contributed by atoms with Gasteiger partial charge in [-0.1, -0.05) is 32.9 Å². The first-order valence-electron chi connectivity index (χ1n) is 12.8. The summed E-state index contributed by atoms with van der Waals surface area (Å²) >= 11 is 0. The molecule has 3 aromatic rings. The van der Waals surface area contributed by atoms with Crippen LogP contribution in [0.2, 0.25) is 0 Å². The molecule has 4 heterocycles. The van der Waals surface area contributed by atoms with Gasteiger partial charge in [0.2, 0.25) is 0 Å². The van der Waals surface area contributed by atoms with Crippen LogP contribution in [0.1, 0.15) is 65.6 Å². The Balaban J connectivity index is 1.43. The second kappa shape index (κ2) is 10.8. The molecule has 0 aliphatic carbocycles. The van der Waals surface area contributed by atoms with Crippen LogP contribution in [0.15, 0.2) is 42.9 Å². The third-order valence-corrected chi connectivity index (χ3v) is 6.90. The molecule has 0 atom stereocenters. The summed E-state index contributed by atoms with van der Waals surface area (Å²) in [6, 6.07) is 4.12. The van der Waals surface area contributed by atoms with E-state index >= 15 is 0 Å². The maximum absolute atomic E-state index is 13.1. The van der Waals surface area contributed by atoms with E-state index in [9.17, 15) is 22.8 Å². The van der Waals surface area contributed by atoms with E-state index in [1.54, 1.807) is 13.1 Å². The van der Waals surface area contributed by atoms with E-state index in [1.165, 1.54) is 16.9 Å². The number of carbonyl (C=O) groups excluding carboxylic acids is 2. The number of pyridine rings is 2. The Labute approximate surface area is 225 Å². The largest absolute Gasteiger partial charge is 0.417 e. The fraction of sp³-hybridized carbons (Fsp3) is 0.414. The molecule has 10 heteroatoms. The molecule has 1 aliphatic rings. The highest BCUT2D eigenvalue weighted by molar-refractivity contribution is 5.98. The lowest BCUT2D eigenvalue weighted by atomic mass is 9.90. The van der Waals surface area contributed by atoms with Gasteiger partial charge < -0.3 is 0 Å². The number of hydrogen-bond donors (Lipinski definition) is 0. The summed E-state index contributed by atoms with van der Waals surface area (Å²) in [5, 5.41) is 4.17. The summed E-state index contributed by atoms with van der Waals surface area (Å²) in [6.07, 6.45) is 2.41. The Bertz CT molecular complexity index is 1420. The predicted molar refractivity (Wildman–Crippen MR) is 142 cm³/mol. The first-order chi connectivity index (χ1) is 18.2. The highest BCUT2D eigenvalue weighted by atomic mass is 19.4. The molecule has 0 spiro atoms. The van der Waals surface area contributed by atoms with E-state index in [-0.39, 0.29) is 29.2 Å². The van der Waals surface area contributed by atoms with E-state index < -0.39 is 11.7 Å². The Hall–Kier alpha value is -3.66. The van der Waals surface area contributed by atoms with Gasteiger partial charge in [0, 0.05) is 37.3 Å². The lowest BCUT2D eigenvalue weighted by Gasteiger charge is -2.28. The van der Waals surface area contributed by atoms with Crippen molar-refractivity contribution in [2.24, 2.45) is 5.41 Å². The van der Waals surface area contributed by atoms with Crippen molar-refractivity contribution in [1.29, 1.82) is 0 Å². The fourth-order valence-electron chi connectivity index (χ4n) is 4.45. The quantitative estimate of drug-likeness (QED) is 0.373. The topological polar surface area (TPSA) is 81.0 Å². The molecule has 0 fully saturated rings. The first-order valence-corrected chi connectivity index (χ1v) is 12.8. The van der Waals surface area contributed by atoms with Gasteiger partial charge in [0.05, 0.1) is 35.3 Å². The van der Waals surface area contributed by atoms with Gasteiger partial charge in [-0.2, -0.15) is 18.3 Å². The molecule has 0 aromatic carbocycles. The summed E-state index contributed by atoms with van der Waals surface area (Å²) in [6.45, 7) is 11.4. The van der Waals surface area contributed by atoms with Crippen molar-refractivity contribution in [2.45, 2.75) is 53.6 Å². The van der Waals surface area contributed by atoms with Crippen molar-refractivity contribution >= 4 is 17.1 Å². The van der Waals surface area contributed by atoms with Gasteiger partial charge in [-0.3, -0.25) is 19.5 Å². The number of aromatic nitrogens is 4. The van der Waals surface area contributed by atoms with Crippen LogP contribution in [-0.4, -0.2) is 55.8 Å². The van der Waals surface area contributed by atoms with Crippen molar-refractivity contribution in [3.05, 3.63) is 76.5 Å². The summed E-state index contributed by atoms with van der Waals surface area (Å²) in [5.74, 6) is 0.248. The minimum absolute atomic E-state index is 0.114. The number of halogens is 3. The lowest BCUT2D eigenvalue weighted by molar-refractivity contribution is -0.137. The second-order valence-corrected chi connectivity index (χ2v) is 11.0. The molecule has 0 saturated carbocycles. The average molecular weight is 540 g/mol. The molecule has 0 bridgehead atoms. The Morgan fingerprint density at radius 3 is 2.33 bits per heavy atom. The van der Waals surface area contributed by atoms with E-state index in [4.69, 9.17) is 0 Å². The SMILES string of the molecule is Cc1cc(CC(=O)c2cnn(-c3ccc(C(F)(F)F)cn3)c2C)cnc1C1=CCN(CC(=O)C(C)(C)C)CC1. The third kappa shape index (κ3) is 6.50. The van der Waals surface area contributed by atoms with Crippen LogP contribution in [0, 0.1) is 19.3 Å². The molecule has 0 saturated heterocycles. The average Bonchev–Trinajstić information content (AvgIpc) is 3.25. The number of carbonyl (C=O) groups is 2. The molecule has 39 heavy (non-hydrogen) atoms. The van der Waals surface area contributed by atoms with E-state index in [0.29, 0.717) is 24.3 Å². The molecular weight excluding hydrogens is 507 g/mol. The second-order valence-electron chi connectivity index (χ2n) is 11.0. The molecule has 0 unspecified atom stereocenters. The van der Waals surface area contributed by atoms with Crippen LogP contribution in [0.5, 0.6) is 0 Å². The molecule has 1 aliphatic heterocycles. The predicted octanol–water partition coefficient (Wildman–Crippen LogP) is 5.43. The zero-order chi connectivity index (χ0) is 28.5. The number of ketones is 2. The van der Waals surface area contributed by atoms with Crippen molar-refractivity contribution < 1.29 is 22.8 Å².